The van der Waals surface area contributed by atoms with Gasteiger partial charge in [-0.1, -0.05) is 11.6 Å². The highest BCUT2D eigenvalue weighted by Crippen LogP contribution is 2.36. The highest BCUT2D eigenvalue weighted by Gasteiger charge is 2.25. The summed E-state index contributed by atoms with van der Waals surface area (Å²) in [6.45, 7) is 0.673. The van der Waals surface area contributed by atoms with Crippen LogP contribution in [0.4, 0.5) is 5.69 Å². The average Bonchev–Trinajstić information content (AvgIpc) is 3.01. The molecule has 1 aliphatic carbocycles. The Labute approximate surface area is 121 Å². The molecule has 1 saturated carbocycles. The standard InChI is InChI=1S/C14H14ClN5/c15-14-10-7-18-19-11(10)3-4-12(14)17-8-13-16-5-6-20(13)9-1-2-9/h3-7,9,17H,1-2,8H2,(H,18,19). The Balaban J connectivity index is 1.58. The van der Waals surface area contributed by atoms with E-state index in [2.05, 4.69) is 31.3 Å². The van der Waals surface area contributed by atoms with Crippen LogP contribution in [0.5, 0.6) is 0 Å². The Morgan fingerprint density at radius 3 is 3.15 bits per heavy atom. The van der Waals surface area contributed by atoms with Crippen LogP contribution in [0.2, 0.25) is 5.02 Å². The summed E-state index contributed by atoms with van der Waals surface area (Å²) >= 11 is 6.39. The van der Waals surface area contributed by atoms with Crippen molar-refractivity contribution in [2.24, 2.45) is 0 Å². The van der Waals surface area contributed by atoms with E-state index in [1.54, 1.807) is 6.20 Å². The third-order valence-corrected chi connectivity index (χ3v) is 4.09. The maximum absolute atomic E-state index is 6.39. The van der Waals surface area contributed by atoms with Crippen LogP contribution in [-0.2, 0) is 6.54 Å². The fraction of sp³-hybridized carbons (Fsp3) is 0.286. The van der Waals surface area contributed by atoms with E-state index < -0.39 is 0 Å². The summed E-state index contributed by atoms with van der Waals surface area (Å²) in [5.74, 6) is 1.05. The molecule has 1 fully saturated rings. The highest BCUT2D eigenvalue weighted by molar-refractivity contribution is 6.38. The smallest absolute Gasteiger partial charge is 0.128 e. The Morgan fingerprint density at radius 2 is 2.30 bits per heavy atom. The van der Waals surface area contributed by atoms with Crippen LogP contribution in [0.15, 0.2) is 30.7 Å². The van der Waals surface area contributed by atoms with Gasteiger partial charge in [0.25, 0.3) is 0 Å². The predicted octanol–water partition coefficient (Wildman–Crippen LogP) is 3.36. The molecule has 2 heterocycles. The number of fused-ring (bicyclic) bond motifs is 1. The van der Waals surface area contributed by atoms with Gasteiger partial charge in [-0.25, -0.2) is 4.98 Å². The normalized spacial score (nSPS) is 14.8. The van der Waals surface area contributed by atoms with E-state index in [0.717, 1.165) is 22.4 Å². The number of hydrogen-bond donors (Lipinski definition) is 2. The Hall–Kier alpha value is -2.01. The summed E-state index contributed by atoms with van der Waals surface area (Å²) in [7, 11) is 0. The maximum atomic E-state index is 6.39. The lowest BCUT2D eigenvalue weighted by Crippen LogP contribution is -2.07. The van der Waals surface area contributed by atoms with Gasteiger partial charge in [0.2, 0.25) is 0 Å². The van der Waals surface area contributed by atoms with Crippen molar-refractivity contribution < 1.29 is 0 Å². The molecule has 6 heteroatoms. The van der Waals surface area contributed by atoms with Gasteiger partial charge in [-0.3, -0.25) is 5.10 Å². The monoisotopic (exact) mass is 287 g/mol. The molecule has 0 atom stereocenters. The summed E-state index contributed by atoms with van der Waals surface area (Å²) in [4.78, 5) is 4.41. The van der Waals surface area contributed by atoms with Crippen LogP contribution < -0.4 is 5.32 Å². The molecule has 0 amide bonds. The minimum absolute atomic E-state index is 0.640. The van der Waals surface area contributed by atoms with Crippen molar-refractivity contribution in [2.45, 2.75) is 25.4 Å². The lowest BCUT2D eigenvalue weighted by molar-refractivity contribution is 0.690. The largest absolute Gasteiger partial charge is 0.377 e. The Bertz CT molecular complexity index is 756. The number of imidazole rings is 1. The van der Waals surface area contributed by atoms with Crippen molar-refractivity contribution in [1.29, 1.82) is 0 Å². The van der Waals surface area contributed by atoms with Gasteiger partial charge in [0, 0.05) is 23.8 Å². The molecule has 1 aliphatic rings. The molecule has 0 unspecified atom stereocenters. The van der Waals surface area contributed by atoms with Crippen LogP contribution >= 0.6 is 11.6 Å². The zero-order valence-corrected chi connectivity index (χ0v) is 11.6. The van der Waals surface area contributed by atoms with Crippen molar-refractivity contribution in [1.82, 2.24) is 19.7 Å². The van der Waals surface area contributed by atoms with E-state index in [1.807, 2.05) is 18.3 Å². The summed E-state index contributed by atoms with van der Waals surface area (Å²) in [5, 5.41) is 11.9. The topological polar surface area (TPSA) is 58.5 Å². The second kappa shape index (κ2) is 4.52. The number of aromatic nitrogens is 4. The molecule has 4 rings (SSSR count). The van der Waals surface area contributed by atoms with Crippen LogP contribution in [0, 0.1) is 0 Å². The van der Waals surface area contributed by atoms with E-state index >= 15 is 0 Å². The number of rotatable bonds is 4. The number of benzene rings is 1. The average molecular weight is 288 g/mol. The Kier molecular flexibility index (Phi) is 2.67. The fourth-order valence-electron chi connectivity index (χ4n) is 2.46. The fourth-order valence-corrected chi connectivity index (χ4v) is 2.74. The van der Waals surface area contributed by atoms with Gasteiger partial charge in [0.05, 0.1) is 29.0 Å². The minimum atomic E-state index is 0.640. The lowest BCUT2D eigenvalue weighted by Gasteiger charge is -2.10. The van der Waals surface area contributed by atoms with Gasteiger partial charge in [0.1, 0.15) is 5.82 Å². The van der Waals surface area contributed by atoms with E-state index in [4.69, 9.17) is 11.6 Å². The minimum Gasteiger partial charge on any atom is -0.377 e. The Morgan fingerprint density at radius 1 is 1.40 bits per heavy atom. The van der Waals surface area contributed by atoms with Gasteiger partial charge < -0.3 is 9.88 Å². The molecule has 1 aromatic carbocycles. The molecule has 20 heavy (non-hydrogen) atoms. The first-order valence-corrected chi connectivity index (χ1v) is 7.08. The number of halogens is 1. The van der Waals surface area contributed by atoms with Gasteiger partial charge in [-0.15, -0.1) is 0 Å². The zero-order valence-electron chi connectivity index (χ0n) is 10.8. The van der Waals surface area contributed by atoms with E-state index in [-0.39, 0.29) is 0 Å². The van der Waals surface area contributed by atoms with Gasteiger partial charge in [-0.05, 0) is 25.0 Å². The van der Waals surface area contributed by atoms with Crippen molar-refractivity contribution >= 4 is 28.2 Å². The molecule has 0 saturated heterocycles. The number of nitrogens with one attached hydrogen (secondary N) is 2. The second-order valence-electron chi connectivity index (χ2n) is 5.09. The lowest BCUT2D eigenvalue weighted by atomic mass is 10.2. The summed E-state index contributed by atoms with van der Waals surface area (Å²) in [6, 6.07) is 4.58. The van der Waals surface area contributed by atoms with E-state index in [0.29, 0.717) is 17.6 Å². The third kappa shape index (κ3) is 1.94. The summed E-state index contributed by atoms with van der Waals surface area (Å²) in [5.41, 5.74) is 1.85. The third-order valence-electron chi connectivity index (χ3n) is 3.68. The first-order chi connectivity index (χ1) is 9.83. The first-order valence-electron chi connectivity index (χ1n) is 6.70. The van der Waals surface area contributed by atoms with E-state index in [1.165, 1.54) is 12.8 Å². The summed E-state index contributed by atoms with van der Waals surface area (Å²) in [6.07, 6.45) is 8.16. The molecule has 2 N–H and O–H groups in total. The molecule has 0 spiro atoms. The van der Waals surface area contributed by atoms with Crippen molar-refractivity contribution in [3.8, 4) is 0 Å². The molecule has 3 aromatic rings. The van der Waals surface area contributed by atoms with Crippen LogP contribution in [0.3, 0.4) is 0 Å². The number of nitrogens with zero attached hydrogens (tertiary/aromatic N) is 3. The molecule has 0 aliphatic heterocycles. The van der Waals surface area contributed by atoms with E-state index in [9.17, 15) is 0 Å². The summed E-state index contributed by atoms with van der Waals surface area (Å²) < 4.78 is 2.25. The van der Waals surface area contributed by atoms with Crippen LogP contribution in [0.25, 0.3) is 10.9 Å². The number of hydrogen-bond acceptors (Lipinski definition) is 3. The zero-order chi connectivity index (χ0) is 13.5. The number of aromatic amines is 1. The maximum Gasteiger partial charge on any atom is 0.128 e. The van der Waals surface area contributed by atoms with Crippen LogP contribution in [-0.4, -0.2) is 19.7 Å². The van der Waals surface area contributed by atoms with Gasteiger partial charge in [-0.2, -0.15) is 5.10 Å². The molecule has 0 radical (unpaired) electrons. The number of anilines is 1. The molecule has 0 bridgehead atoms. The second-order valence-corrected chi connectivity index (χ2v) is 5.47. The molecule has 5 nitrogen and oxygen atoms in total. The predicted molar refractivity (Wildman–Crippen MR) is 78.9 cm³/mol. The van der Waals surface area contributed by atoms with Crippen molar-refractivity contribution in [2.75, 3.05) is 5.32 Å². The molecular weight excluding hydrogens is 274 g/mol. The van der Waals surface area contributed by atoms with Crippen molar-refractivity contribution in [3.63, 3.8) is 0 Å². The first kappa shape index (κ1) is 11.8. The van der Waals surface area contributed by atoms with Gasteiger partial charge >= 0.3 is 0 Å². The molecule has 2 aromatic heterocycles. The number of H-pyrrole nitrogens is 1. The van der Waals surface area contributed by atoms with Crippen LogP contribution in [0.1, 0.15) is 24.7 Å². The molecular formula is C14H14ClN5. The SMILES string of the molecule is Clc1c(NCc2nccn2C2CC2)ccc2[nH]ncc12. The van der Waals surface area contributed by atoms with Crippen molar-refractivity contribution in [3.05, 3.63) is 41.6 Å². The quantitative estimate of drug-likeness (QED) is 0.773. The molecule has 102 valence electrons. The highest BCUT2D eigenvalue weighted by atomic mass is 35.5. The van der Waals surface area contributed by atoms with Gasteiger partial charge in [0.15, 0.2) is 0 Å².